The molecule has 0 spiro atoms. The predicted molar refractivity (Wildman–Crippen MR) is 44.3 cm³/mol. The van der Waals surface area contributed by atoms with Gasteiger partial charge in [0.25, 0.3) is 0 Å². The number of fused-ring (bicyclic) bond motifs is 1. The molecule has 2 aromatic rings. The van der Waals surface area contributed by atoms with Gasteiger partial charge < -0.3 is 0 Å². The number of hydrogen-bond acceptors (Lipinski definition) is 3. The molecule has 0 saturated heterocycles. The molecule has 1 radical (unpaired) electrons. The summed E-state index contributed by atoms with van der Waals surface area (Å²) < 4.78 is 0. The first kappa shape index (κ1) is 6.91. The fraction of sp³-hybridized carbons (Fsp3) is 0. The minimum atomic E-state index is 0.459. The lowest BCUT2D eigenvalue weighted by molar-refractivity contribution is 0.563. The molecule has 0 N–H and O–H groups in total. The summed E-state index contributed by atoms with van der Waals surface area (Å²) in [4.78, 5) is 18.5. The molecule has 0 bridgehead atoms. The van der Waals surface area contributed by atoms with Gasteiger partial charge in [-0.05, 0) is 12.1 Å². The Bertz CT molecular complexity index is 420. The number of nitrogens with zero attached hydrogens (tertiary/aromatic N) is 2. The molecule has 0 aliphatic rings. The van der Waals surface area contributed by atoms with Crippen molar-refractivity contribution < 1.29 is 4.79 Å². The van der Waals surface area contributed by atoms with Crippen LogP contribution >= 0.6 is 0 Å². The number of hydrogen-bond donors (Lipinski definition) is 0. The molecule has 0 atom stereocenters. The van der Waals surface area contributed by atoms with Crippen LogP contribution in [0.25, 0.3) is 11.0 Å². The van der Waals surface area contributed by atoms with Crippen molar-refractivity contribution in [2.45, 2.75) is 0 Å². The van der Waals surface area contributed by atoms with E-state index in [0.717, 1.165) is 5.52 Å². The molecule has 0 amide bonds. The minimum Gasteiger partial charge on any atom is -0.285 e. The summed E-state index contributed by atoms with van der Waals surface area (Å²) in [5.74, 6) is 0. The summed E-state index contributed by atoms with van der Waals surface area (Å²) in [6.45, 7) is 0. The Labute approximate surface area is 69.1 Å². The third kappa shape index (κ3) is 0.955. The molecule has 1 heterocycles. The van der Waals surface area contributed by atoms with E-state index in [1.165, 1.54) is 0 Å². The summed E-state index contributed by atoms with van der Waals surface area (Å²) in [5, 5.41) is 0. The Balaban J connectivity index is 2.88. The largest absolute Gasteiger partial charge is 0.285 e. The summed E-state index contributed by atoms with van der Waals surface area (Å²) in [6, 6.07) is 5.24. The van der Waals surface area contributed by atoms with Crippen LogP contribution in [0, 0.1) is 0 Å². The monoisotopic (exact) mass is 157 g/mol. The maximum atomic E-state index is 10.4. The number of aromatic nitrogens is 2. The van der Waals surface area contributed by atoms with Gasteiger partial charge in [-0.2, -0.15) is 0 Å². The van der Waals surface area contributed by atoms with E-state index in [-0.39, 0.29) is 0 Å². The fourth-order valence-corrected chi connectivity index (χ4v) is 1.08. The van der Waals surface area contributed by atoms with E-state index in [2.05, 4.69) is 9.97 Å². The topological polar surface area (TPSA) is 42.9 Å². The first-order valence-electron chi connectivity index (χ1n) is 3.50. The first-order valence-corrected chi connectivity index (χ1v) is 3.50. The Hall–Kier alpha value is -1.77. The maximum Gasteiger partial charge on any atom is 0.235 e. The third-order valence-corrected chi connectivity index (χ3v) is 1.61. The van der Waals surface area contributed by atoms with E-state index in [4.69, 9.17) is 0 Å². The molecule has 57 valence electrons. The number of benzene rings is 1. The molecular weight excluding hydrogens is 152 g/mol. The normalized spacial score (nSPS) is 10.0. The lowest BCUT2D eigenvalue weighted by Crippen LogP contribution is -1.88. The van der Waals surface area contributed by atoms with Gasteiger partial charge in [0.2, 0.25) is 6.29 Å². The number of carbonyl (C=O) groups excluding carboxylic acids is 1. The molecule has 12 heavy (non-hydrogen) atoms. The van der Waals surface area contributed by atoms with Crippen molar-refractivity contribution in [2.75, 3.05) is 0 Å². The summed E-state index contributed by atoms with van der Waals surface area (Å²) in [7, 11) is 0. The SMILES string of the molecule is O=[C]c1cccc2nccnc12. The first-order chi connectivity index (χ1) is 5.92. The zero-order valence-corrected chi connectivity index (χ0v) is 6.19. The Kier molecular flexibility index (Phi) is 1.55. The Morgan fingerprint density at radius 2 is 2.00 bits per heavy atom. The zero-order chi connectivity index (χ0) is 8.39. The third-order valence-electron chi connectivity index (χ3n) is 1.61. The van der Waals surface area contributed by atoms with Crippen molar-refractivity contribution >= 4 is 17.3 Å². The lowest BCUT2D eigenvalue weighted by atomic mass is 10.2. The molecule has 2 rings (SSSR count). The molecule has 3 heteroatoms. The van der Waals surface area contributed by atoms with Crippen molar-refractivity contribution in [1.29, 1.82) is 0 Å². The van der Waals surface area contributed by atoms with Crippen molar-refractivity contribution in [3.63, 3.8) is 0 Å². The molecule has 1 aromatic heterocycles. The highest BCUT2D eigenvalue weighted by Gasteiger charge is 2.00. The maximum absolute atomic E-state index is 10.4. The average Bonchev–Trinajstić information content (AvgIpc) is 2.17. The Morgan fingerprint density at radius 3 is 2.83 bits per heavy atom. The highest BCUT2D eigenvalue weighted by molar-refractivity contribution is 5.93. The van der Waals surface area contributed by atoms with Gasteiger partial charge in [-0.1, -0.05) is 6.07 Å². The average molecular weight is 157 g/mol. The van der Waals surface area contributed by atoms with E-state index < -0.39 is 0 Å². The molecule has 0 aliphatic carbocycles. The van der Waals surface area contributed by atoms with Crippen LogP contribution in [-0.4, -0.2) is 16.3 Å². The second kappa shape index (κ2) is 2.70. The highest BCUT2D eigenvalue weighted by atomic mass is 16.1. The van der Waals surface area contributed by atoms with Crippen LogP contribution in [0.15, 0.2) is 30.6 Å². The molecule has 1 aromatic carbocycles. The van der Waals surface area contributed by atoms with E-state index in [0.29, 0.717) is 11.1 Å². The predicted octanol–water partition coefficient (Wildman–Crippen LogP) is 1.09. The molecule has 0 saturated carbocycles. The molecular formula is C9H5N2O. The molecule has 0 fully saturated rings. The van der Waals surface area contributed by atoms with Gasteiger partial charge in [-0.25, -0.2) is 0 Å². The number of rotatable bonds is 1. The van der Waals surface area contributed by atoms with Crippen molar-refractivity contribution in [3.8, 4) is 0 Å². The van der Waals surface area contributed by atoms with Crippen LogP contribution in [0.3, 0.4) is 0 Å². The van der Waals surface area contributed by atoms with Gasteiger partial charge >= 0.3 is 0 Å². The van der Waals surface area contributed by atoms with Crippen LogP contribution in [0.4, 0.5) is 0 Å². The smallest absolute Gasteiger partial charge is 0.235 e. The standard InChI is InChI=1S/C9H5N2O/c12-6-7-2-1-3-8-9(7)11-5-4-10-8/h1-5H. The summed E-state index contributed by atoms with van der Waals surface area (Å²) >= 11 is 0. The molecule has 0 aliphatic heterocycles. The molecule has 0 unspecified atom stereocenters. The fourth-order valence-electron chi connectivity index (χ4n) is 1.08. The lowest BCUT2D eigenvalue weighted by Gasteiger charge is -1.95. The van der Waals surface area contributed by atoms with Gasteiger partial charge in [0.15, 0.2) is 0 Å². The number of para-hydroxylation sites is 1. The quantitative estimate of drug-likeness (QED) is 0.622. The van der Waals surface area contributed by atoms with Crippen LogP contribution < -0.4 is 0 Å². The second-order valence-corrected chi connectivity index (χ2v) is 2.33. The summed E-state index contributed by atoms with van der Waals surface area (Å²) in [6.07, 6.45) is 4.97. The highest BCUT2D eigenvalue weighted by Crippen LogP contribution is 2.10. The van der Waals surface area contributed by atoms with E-state index in [1.54, 1.807) is 24.5 Å². The van der Waals surface area contributed by atoms with Crippen LogP contribution in [0.5, 0.6) is 0 Å². The second-order valence-electron chi connectivity index (χ2n) is 2.33. The van der Waals surface area contributed by atoms with Gasteiger partial charge in [-0.15, -0.1) is 0 Å². The van der Waals surface area contributed by atoms with Gasteiger partial charge in [0.1, 0.15) is 0 Å². The van der Waals surface area contributed by atoms with Crippen LogP contribution in [0.1, 0.15) is 5.56 Å². The minimum absolute atomic E-state index is 0.459. The van der Waals surface area contributed by atoms with Crippen LogP contribution in [-0.2, 0) is 4.79 Å². The van der Waals surface area contributed by atoms with Gasteiger partial charge in [0, 0.05) is 12.4 Å². The van der Waals surface area contributed by atoms with Gasteiger partial charge in [-0.3, -0.25) is 14.8 Å². The van der Waals surface area contributed by atoms with Crippen LogP contribution in [0.2, 0.25) is 0 Å². The van der Waals surface area contributed by atoms with Crippen molar-refractivity contribution in [3.05, 3.63) is 36.2 Å². The van der Waals surface area contributed by atoms with E-state index in [1.807, 2.05) is 12.4 Å². The Morgan fingerprint density at radius 1 is 1.17 bits per heavy atom. The van der Waals surface area contributed by atoms with E-state index in [9.17, 15) is 4.79 Å². The molecule has 3 nitrogen and oxygen atoms in total. The van der Waals surface area contributed by atoms with Crippen molar-refractivity contribution in [1.82, 2.24) is 9.97 Å². The van der Waals surface area contributed by atoms with Crippen molar-refractivity contribution in [2.24, 2.45) is 0 Å². The zero-order valence-electron chi connectivity index (χ0n) is 6.19. The van der Waals surface area contributed by atoms with Gasteiger partial charge in [0.05, 0.1) is 16.6 Å². The van der Waals surface area contributed by atoms with E-state index >= 15 is 0 Å². The summed E-state index contributed by atoms with van der Waals surface area (Å²) in [5.41, 5.74) is 1.79.